The van der Waals surface area contributed by atoms with Crippen molar-refractivity contribution in [3.05, 3.63) is 65.2 Å². The van der Waals surface area contributed by atoms with Crippen molar-refractivity contribution in [1.82, 2.24) is 14.3 Å². The van der Waals surface area contributed by atoms with Crippen LogP contribution in [0.4, 0.5) is 0 Å². The Bertz CT molecular complexity index is 1110. The molecule has 0 bridgehead atoms. The second kappa shape index (κ2) is 10.4. The highest BCUT2D eigenvalue weighted by atomic mass is 32.2. The molecule has 2 N–H and O–H groups in total. The van der Waals surface area contributed by atoms with Gasteiger partial charge >= 0.3 is 0 Å². The van der Waals surface area contributed by atoms with Crippen molar-refractivity contribution in [1.29, 1.82) is 0 Å². The van der Waals surface area contributed by atoms with E-state index >= 15 is 0 Å². The molecular weight excluding hydrogens is 438 g/mol. The molecule has 1 amide bonds. The van der Waals surface area contributed by atoms with Gasteiger partial charge in [-0.05, 0) is 44.0 Å². The van der Waals surface area contributed by atoms with Gasteiger partial charge in [0.25, 0.3) is 0 Å². The van der Waals surface area contributed by atoms with Crippen LogP contribution in [0.3, 0.4) is 0 Å². The lowest BCUT2D eigenvalue weighted by Crippen LogP contribution is -2.38. The monoisotopic (exact) mass is 467 g/mol. The average Bonchev–Trinajstić information content (AvgIpc) is 2.66. The van der Waals surface area contributed by atoms with Gasteiger partial charge in [-0.2, -0.15) is 4.31 Å². The van der Waals surface area contributed by atoms with E-state index in [2.05, 4.69) is 10.0 Å². The van der Waals surface area contributed by atoms with Crippen molar-refractivity contribution >= 4 is 26.0 Å². The Balaban J connectivity index is 2.02. The van der Waals surface area contributed by atoms with E-state index in [1.807, 2.05) is 6.92 Å². The van der Waals surface area contributed by atoms with Crippen molar-refractivity contribution in [2.75, 3.05) is 13.6 Å². The topological polar surface area (TPSA) is 113 Å². The normalized spacial score (nSPS) is 12.3. The molecule has 0 fully saturated rings. The molecule has 170 valence electrons. The fraction of sp³-hybridized carbons (Fsp3) is 0.381. The Morgan fingerprint density at radius 1 is 0.968 bits per heavy atom. The van der Waals surface area contributed by atoms with E-state index in [0.717, 1.165) is 9.87 Å². The molecule has 2 rings (SSSR count). The SMILES string of the molecule is Cc1ccc(S(=O)(=O)N(C)CC(=O)NCc2ccccc2CS(=O)(=O)NC(C)C)cc1. The third-order valence-electron chi connectivity index (χ3n) is 4.45. The lowest BCUT2D eigenvalue weighted by Gasteiger charge is -2.17. The predicted octanol–water partition coefficient (Wildman–Crippen LogP) is 1.76. The minimum atomic E-state index is -3.79. The van der Waals surface area contributed by atoms with Crippen LogP contribution >= 0.6 is 0 Å². The van der Waals surface area contributed by atoms with Crippen molar-refractivity contribution in [3.63, 3.8) is 0 Å². The molecule has 0 radical (unpaired) electrons. The molecule has 0 heterocycles. The summed E-state index contributed by atoms with van der Waals surface area (Å²) in [5.74, 6) is -0.699. The number of carbonyl (C=O) groups is 1. The number of amides is 1. The van der Waals surface area contributed by atoms with Crippen LogP contribution in [0.5, 0.6) is 0 Å². The summed E-state index contributed by atoms with van der Waals surface area (Å²) in [4.78, 5) is 12.5. The van der Waals surface area contributed by atoms with Crippen LogP contribution in [0, 0.1) is 6.92 Å². The van der Waals surface area contributed by atoms with Gasteiger partial charge in [-0.25, -0.2) is 21.6 Å². The largest absolute Gasteiger partial charge is 0.351 e. The van der Waals surface area contributed by atoms with E-state index in [9.17, 15) is 21.6 Å². The Hall–Kier alpha value is -2.27. The smallest absolute Gasteiger partial charge is 0.243 e. The number of rotatable bonds is 10. The fourth-order valence-corrected chi connectivity index (χ4v) is 5.52. The highest BCUT2D eigenvalue weighted by Crippen LogP contribution is 2.15. The Kier molecular flexibility index (Phi) is 8.35. The molecule has 0 aromatic heterocycles. The summed E-state index contributed by atoms with van der Waals surface area (Å²) in [5.41, 5.74) is 2.15. The fourth-order valence-electron chi connectivity index (χ4n) is 2.90. The number of nitrogens with one attached hydrogen (secondary N) is 2. The maximum Gasteiger partial charge on any atom is 0.243 e. The zero-order valence-electron chi connectivity index (χ0n) is 18.1. The van der Waals surface area contributed by atoms with Crippen LogP contribution in [0.2, 0.25) is 0 Å². The maximum atomic E-state index is 12.6. The van der Waals surface area contributed by atoms with Crippen LogP contribution in [0.25, 0.3) is 0 Å². The van der Waals surface area contributed by atoms with Crippen LogP contribution in [-0.2, 0) is 37.1 Å². The highest BCUT2D eigenvalue weighted by Gasteiger charge is 2.23. The van der Waals surface area contributed by atoms with Gasteiger partial charge in [0, 0.05) is 19.6 Å². The van der Waals surface area contributed by atoms with E-state index in [1.165, 1.54) is 19.2 Å². The first-order valence-electron chi connectivity index (χ1n) is 9.77. The van der Waals surface area contributed by atoms with Crippen LogP contribution in [0.15, 0.2) is 53.4 Å². The van der Waals surface area contributed by atoms with Gasteiger partial charge in [0.15, 0.2) is 0 Å². The summed E-state index contributed by atoms with van der Waals surface area (Å²) < 4.78 is 53.2. The second-order valence-electron chi connectivity index (χ2n) is 7.65. The zero-order chi connectivity index (χ0) is 23.2. The first-order chi connectivity index (χ1) is 14.4. The molecule has 2 aromatic rings. The standard InChI is InChI=1S/C21H29N3O5S2/c1-16(2)23-30(26,27)15-19-8-6-5-7-18(19)13-22-21(25)14-24(4)31(28,29)20-11-9-17(3)10-12-20/h5-12,16,23H,13-15H2,1-4H3,(H,22,25). The minimum Gasteiger partial charge on any atom is -0.351 e. The molecule has 0 spiro atoms. The highest BCUT2D eigenvalue weighted by molar-refractivity contribution is 7.89. The van der Waals surface area contributed by atoms with Gasteiger partial charge < -0.3 is 5.32 Å². The predicted molar refractivity (Wildman–Crippen MR) is 120 cm³/mol. The molecule has 0 atom stereocenters. The number of hydrogen-bond acceptors (Lipinski definition) is 5. The summed E-state index contributed by atoms with van der Waals surface area (Å²) in [6.07, 6.45) is 0. The van der Waals surface area contributed by atoms with E-state index in [0.29, 0.717) is 11.1 Å². The van der Waals surface area contributed by atoms with E-state index in [-0.39, 0.29) is 29.8 Å². The summed E-state index contributed by atoms with van der Waals surface area (Å²) >= 11 is 0. The number of nitrogens with zero attached hydrogens (tertiary/aromatic N) is 1. The molecular formula is C21H29N3O5S2. The molecule has 10 heteroatoms. The van der Waals surface area contributed by atoms with Crippen molar-refractivity contribution < 1.29 is 21.6 Å². The molecule has 0 aliphatic carbocycles. The molecule has 0 aliphatic heterocycles. The number of hydrogen-bond donors (Lipinski definition) is 2. The van der Waals surface area contributed by atoms with E-state index in [1.54, 1.807) is 50.2 Å². The molecule has 31 heavy (non-hydrogen) atoms. The molecule has 0 saturated heterocycles. The zero-order valence-corrected chi connectivity index (χ0v) is 19.8. The van der Waals surface area contributed by atoms with Gasteiger partial charge in [0.05, 0.1) is 17.2 Å². The first kappa shape index (κ1) is 25.0. The number of aryl methyl sites for hydroxylation is 1. The molecule has 0 unspecified atom stereocenters. The van der Waals surface area contributed by atoms with Crippen molar-refractivity contribution in [3.8, 4) is 0 Å². The molecule has 8 nitrogen and oxygen atoms in total. The van der Waals surface area contributed by atoms with Crippen LogP contribution < -0.4 is 10.0 Å². The average molecular weight is 468 g/mol. The summed E-state index contributed by atoms with van der Waals surface area (Å²) in [6, 6.07) is 13.1. The lowest BCUT2D eigenvalue weighted by atomic mass is 10.1. The number of sulfonamides is 2. The minimum absolute atomic E-state index is 0.0879. The number of benzene rings is 2. The van der Waals surface area contributed by atoms with Gasteiger partial charge in [0.1, 0.15) is 0 Å². The van der Waals surface area contributed by atoms with Crippen LogP contribution in [-0.4, -0.2) is 46.7 Å². The lowest BCUT2D eigenvalue weighted by molar-refractivity contribution is -0.121. The molecule has 0 aliphatic rings. The van der Waals surface area contributed by atoms with Crippen molar-refractivity contribution in [2.45, 2.75) is 44.0 Å². The second-order valence-corrected chi connectivity index (χ2v) is 11.4. The number of carbonyl (C=O) groups excluding carboxylic acids is 1. The van der Waals surface area contributed by atoms with Crippen LogP contribution in [0.1, 0.15) is 30.5 Å². The number of likely N-dealkylation sites (N-methyl/N-ethyl adjacent to an activating group) is 1. The third-order valence-corrected chi connectivity index (χ3v) is 7.79. The molecule has 2 aromatic carbocycles. The van der Waals surface area contributed by atoms with Gasteiger partial charge in [-0.1, -0.05) is 42.0 Å². The Labute approximate surface area is 184 Å². The van der Waals surface area contributed by atoms with E-state index in [4.69, 9.17) is 0 Å². The Morgan fingerprint density at radius 3 is 2.13 bits per heavy atom. The summed E-state index contributed by atoms with van der Waals surface area (Å²) in [5, 5.41) is 2.67. The van der Waals surface area contributed by atoms with Crippen molar-refractivity contribution in [2.24, 2.45) is 0 Å². The molecule has 0 saturated carbocycles. The summed E-state index contributed by atoms with van der Waals surface area (Å²) in [7, 11) is -5.97. The van der Waals surface area contributed by atoms with Gasteiger partial charge in [-0.3, -0.25) is 4.79 Å². The first-order valence-corrected chi connectivity index (χ1v) is 12.9. The summed E-state index contributed by atoms with van der Waals surface area (Å²) in [6.45, 7) is 5.07. The maximum absolute atomic E-state index is 12.6. The third kappa shape index (κ3) is 7.42. The Morgan fingerprint density at radius 2 is 1.55 bits per heavy atom. The quantitative estimate of drug-likeness (QED) is 0.553. The van der Waals surface area contributed by atoms with Gasteiger partial charge in [-0.15, -0.1) is 0 Å². The van der Waals surface area contributed by atoms with E-state index < -0.39 is 26.0 Å². The van der Waals surface area contributed by atoms with Gasteiger partial charge in [0.2, 0.25) is 26.0 Å².